The number of amides is 1. The molecule has 1 saturated heterocycles. The van der Waals surface area contributed by atoms with Crippen molar-refractivity contribution in [1.82, 2.24) is 19.8 Å². The van der Waals surface area contributed by atoms with Gasteiger partial charge in [-0.1, -0.05) is 0 Å². The van der Waals surface area contributed by atoms with Gasteiger partial charge in [-0.3, -0.25) is 9.89 Å². The van der Waals surface area contributed by atoms with Crippen molar-refractivity contribution >= 4 is 15.9 Å². The van der Waals surface area contributed by atoms with Crippen molar-refractivity contribution in [1.29, 1.82) is 0 Å². The zero-order valence-corrected chi connectivity index (χ0v) is 12.3. The summed E-state index contributed by atoms with van der Waals surface area (Å²) in [5.41, 5.74) is 0.480. The van der Waals surface area contributed by atoms with Gasteiger partial charge in [-0.25, -0.2) is 13.1 Å². The maximum absolute atomic E-state index is 12.3. The van der Waals surface area contributed by atoms with Gasteiger partial charge in [0.05, 0.1) is 6.26 Å². The second-order valence-corrected chi connectivity index (χ2v) is 6.91. The van der Waals surface area contributed by atoms with E-state index in [1.165, 1.54) is 0 Å². The fourth-order valence-corrected chi connectivity index (χ4v) is 3.00. The molecular formula is C12H20N4O3S. The second kappa shape index (κ2) is 6.36. The fraction of sp³-hybridized carbons (Fsp3) is 0.667. The zero-order valence-electron chi connectivity index (χ0n) is 11.5. The molecule has 1 fully saturated rings. The maximum atomic E-state index is 12.3. The lowest BCUT2D eigenvalue weighted by molar-refractivity contribution is 0.0598. The second-order valence-electron chi connectivity index (χ2n) is 5.07. The molecule has 112 valence electrons. The number of nitrogens with zero attached hydrogens (tertiary/aromatic N) is 2. The van der Waals surface area contributed by atoms with Crippen LogP contribution in [0.15, 0.2) is 12.3 Å². The van der Waals surface area contributed by atoms with Crippen LogP contribution in [0, 0.1) is 0 Å². The normalized spacial score (nSPS) is 20.1. The van der Waals surface area contributed by atoms with Crippen LogP contribution in [0.5, 0.6) is 0 Å². The predicted octanol–water partition coefficient (Wildman–Crippen LogP) is 0.344. The van der Waals surface area contributed by atoms with E-state index in [4.69, 9.17) is 0 Å². The van der Waals surface area contributed by atoms with Gasteiger partial charge in [0.2, 0.25) is 10.0 Å². The molecule has 8 heteroatoms. The molecule has 1 atom stereocenters. The summed E-state index contributed by atoms with van der Waals surface area (Å²) in [5.74, 6) is -0.0634. The Morgan fingerprint density at radius 1 is 1.55 bits per heavy atom. The van der Waals surface area contributed by atoms with Gasteiger partial charge >= 0.3 is 0 Å². The van der Waals surface area contributed by atoms with Crippen molar-refractivity contribution in [3.8, 4) is 0 Å². The number of sulfonamides is 1. The van der Waals surface area contributed by atoms with Crippen molar-refractivity contribution in [2.24, 2.45) is 0 Å². The van der Waals surface area contributed by atoms with Gasteiger partial charge in [0.15, 0.2) is 0 Å². The maximum Gasteiger partial charge on any atom is 0.272 e. The number of hydrogen-bond donors (Lipinski definition) is 2. The summed E-state index contributed by atoms with van der Waals surface area (Å²) in [5, 5.41) is 6.48. The monoisotopic (exact) mass is 300 g/mol. The minimum absolute atomic E-state index is 0.0634. The minimum Gasteiger partial charge on any atom is -0.334 e. The molecule has 0 aliphatic carbocycles. The molecule has 2 rings (SSSR count). The average molecular weight is 300 g/mol. The van der Waals surface area contributed by atoms with Gasteiger partial charge in [0.1, 0.15) is 5.69 Å². The van der Waals surface area contributed by atoms with E-state index in [0.29, 0.717) is 25.2 Å². The van der Waals surface area contributed by atoms with Crippen molar-refractivity contribution < 1.29 is 13.2 Å². The Morgan fingerprint density at radius 3 is 3.00 bits per heavy atom. The average Bonchev–Trinajstić information content (AvgIpc) is 2.91. The highest BCUT2D eigenvalue weighted by atomic mass is 32.2. The summed E-state index contributed by atoms with van der Waals surface area (Å²) in [6.45, 7) is 1.07. The molecule has 1 aromatic rings. The van der Waals surface area contributed by atoms with E-state index in [-0.39, 0.29) is 11.9 Å². The van der Waals surface area contributed by atoms with Crippen molar-refractivity contribution in [2.45, 2.75) is 31.7 Å². The molecule has 0 aromatic carbocycles. The first-order chi connectivity index (χ1) is 9.47. The third-order valence-electron chi connectivity index (χ3n) is 3.46. The van der Waals surface area contributed by atoms with Gasteiger partial charge in [0.25, 0.3) is 5.91 Å². The number of carbonyl (C=O) groups excluding carboxylic acids is 1. The highest BCUT2D eigenvalue weighted by molar-refractivity contribution is 7.88. The number of aromatic amines is 1. The number of nitrogens with one attached hydrogen (secondary N) is 2. The quantitative estimate of drug-likeness (QED) is 0.820. The van der Waals surface area contributed by atoms with E-state index in [2.05, 4.69) is 14.9 Å². The fourth-order valence-electron chi connectivity index (χ4n) is 2.51. The Morgan fingerprint density at radius 2 is 2.35 bits per heavy atom. The molecule has 2 N–H and O–H groups in total. The summed E-state index contributed by atoms with van der Waals surface area (Å²) in [4.78, 5) is 14.2. The molecule has 0 radical (unpaired) electrons. The highest BCUT2D eigenvalue weighted by Crippen LogP contribution is 2.21. The van der Waals surface area contributed by atoms with Crippen LogP contribution >= 0.6 is 0 Å². The summed E-state index contributed by atoms with van der Waals surface area (Å²) in [6, 6.07) is 1.73. The molecule has 0 spiro atoms. The van der Waals surface area contributed by atoms with Crippen LogP contribution in [0.25, 0.3) is 0 Å². The Balaban J connectivity index is 1.96. The van der Waals surface area contributed by atoms with E-state index in [1.54, 1.807) is 12.3 Å². The Kier molecular flexibility index (Phi) is 4.77. The topological polar surface area (TPSA) is 95.2 Å². The number of hydrogen-bond acceptors (Lipinski definition) is 4. The summed E-state index contributed by atoms with van der Waals surface area (Å²) in [6.07, 6.45) is 6.28. The standard InChI is InChI=1S/C12H20N4O3S/c1-20(18,19)14-8-5-10-4-2-3-9-16(10)12(17)11-6-7-13-15-11/h6-7,10,14H,2-5,8-9H2,1H3,(H,13,15). The van der Waals surface area contributed by atoms with Crippen LogP contribution in [-0.2, 0) is 10.0 Å². The van der Waals surface area contributed by atoms with Crippen LogP contribution < -0.4 is 4.72 Å². The van der Waals surface area contributed by atoms with Gasteiger partial charge in [-0.15, -0.1) is 0 Å². The number of H-pyrrole nitrogens is 1. The predicted molar refractivity (Wildman–Crippen MR) is 74.7 cm³/mol. The molecule has 1 aliphatic heterocycles. The first-order valence-electron chi connectivity index (χ1n) is 6.72. The summed E-state index contributed by atoms with van der Waals surface area (Å²) >= 11 is 0. The molecule has 7 nitrogen and oxygen atoms in total. The van der Waals surface area contributed by atoms with Crippen LogP contribution in [0.4, 0.5) is 0 Å². The molecule has 1 amide bonds. The lowest BCUT2D eigenvalue weighted by atomic mass is 9.99. The summed E-state index contributed by atoms with van der Waals surface area (Å²) in [7, 11) is -3.18. The van der Waals surface area contributed by atoms with E-state index in [9.17, 15) is 13.2 Å². The van der Waals surface area contributed by atoms with E-state index >= 15 is 0 Å². The van der Waals surface area contributed by atoms with Gasteiger partial charge in [-0.2, -0.15) is 5.10 Å². The van der Waals surface area contributed by atoms with E-state index < -0.39 is 10.0 Å². The van der Waals surface area contributed by atoms with Gasteiger partial charge < -0.3 is 4.90 Å². The van der Waals surface area contributed by atoms with Crippen molar-refractivity contribution in [3.05, 3.63) is 18.0 Å². The molecule has 2 heterocycles. The van der Waals surface area contributed by atoms with Gasteiger partial charge in [-0.05, 0) is 31.7 Å². The Labute approximate surface area is 118 Å². The number of likely N-dealkylation sites (tertiary alicyclic amines) is 1. The van der Waals surface area contributed by atoms with Gasteiger partial charge in [0, 0.05) is 25.3 Å². The van der Waals surface area contributed by atoms with Crippen LogP contribution in [0.3, 0.4) is 0 Å². The van der Waals surface area contributed by atoms with E-state index in [1.807, 2.05) is 4.90 Å². The first kappa shape index (κ1) is 15.0. The molecule has 0 saturated carbocycles. The first-order valence-corrected chi connectivity index (χ1v) is 8.61. The molecule has 20 heavy (non-hydrogen) atoms. The Hall–Kier alpha value is -1.41. The third kappa shape index (κ3) is 4.04. The lowest BCUT2D eigenvalue weighted by Crippen LogP contribution is -2.45. The molecule has 1 aliphatic rings. The van der Waals surface area contributed by atoms with E-state index in [0.717, 1.165) is 25.5 Å². The number of piperidine rings is 1. The van der Waals surface area contributed by atoms with Crippen molar-refractivity contribution in [3.63, 3.8) is 0 Å². The minimum atomic E-state index is -3.18. The van der Waals surface area contributed by atoms with Crippen molar-refractivity contribution in [2.75, 3.05) is 19.3 Å². The molecule has 1 unspecified atom stereocenters. The Bertz CT molecular complexity index is 541. The lowest BCUT2D eigenvalue weighted by Gasteiger charge is -2.35. The summed E-state index contributed by atoms with van der Waals surface area (Å²) < 4.78 is 24.6. The molecular weight excluding hydrogens is 280 g/mol. The van der Waals surface area contributed by atoms with Crippen LogP contribution in [0.1, 0.15) is 36.2 Å². The molecule has 0 bridgehead atoms. The van der Waals surface area contributed by atoms with Crippen LogP contribution in [0.2, 0.25) is 0 Å². The highest BCUT2D eigenvalue weighted by Gasteiger charge is 2.27. The largest absolute Gasteiger partial charge is 0.334 e. The SMILES string of the molecule is CS(=O)(=O)NCCC1CCCCN1C(=O)c1ccn[nH]1. The number of carbonyl (C=O) groups is 1. The smallest absolute Gasteiger partial charge is 0.272 e. The van der Waals surface area contributed by atoms with Crippen LogP contribution in [-0.4, -0.2) is 54.8 Å². The number of rotatable bonds is 5. The third-order valence-corrected chi connectivity index (χ3v) is 4.19. The molecule has 1 aromatic heterocycles. The number of aromatic nitrogens is 2. The zero-order chi connectivity index (χ0) is 14.6.